The molecule has 1 aromatic heterocycles. The number of anilines is 1. The highest BCUT2D eigenvalue weighted by atomic mass is 79.9. The zero-order valence-electron chi connectivity index (χ0n) is 10.7. The van der Waals surface area contributed by atoms with Crippen LogP contribution >= 0.6 is 15.9 Å². The molecule has 0 atom stereocenters. The van der Waals surface area contributed by atoms with Crippen LogP contribution in [0.25, 0.3) is 0 Å². The lowest BCUT2D eigenvalue weighted by molar-refractivity contribution is 0.636. The lowest BCUT2D eigenvalue weighted by Gasteiger charge is -2.07. The molecule has 0 fully saturated rings. The van der Waals surface area contributed by atoms with Gasteiger partial charge in [-0.15, -0.1) is 0 Å². The molecule has 18 heavy (non-hydrogen) atoms. The van der Waals surface area contributed by atoms with E-state index in [1.807, 2.05) is 22.9 Å². The van der Waals surface area contributed by atoms with Gasteiger partial charge in [0, 0.05) is 23.0 Å². The predicted octanol–water partition coefficient (Wildman–Crippen LogP) is 2.80. The molecule has 96 valence electrons. The van der Waals surface area contributed by atoms with Crippen LogP contribution in [0.3, 0.4) is 0 Å². The fourth-order valence-electron chi connectivity index (χ4n) is 1.82. The van der Waals surface area contributed by atoms with Gasteiger partial charge in [-0.1, -0.05) is 35.8 Å². The van der Waals surface area contributed by atoms with Crippen LogP contribution in [-0.4, -0.2) is 14.8 Å². The van der Waals surface area contributed by atoms with Gasteiger partial charge in [0.25, 0.3) is 0 Å². The first-order chi connectivity index (χ1) is 8.63. The van der Waals surface area contributed by atoms with Crippen LogP contribution in [0.15, 0.2) is 22.7 Å². The van der Waals surface area contributed by atoms with Crippen LogP contribution in [0.1, 0.15) is 31.1 Å². The molecule has 2 N–H and O–H groups in total. The molecule has 0 aliphatic carbocycles. The zero-order chi connectivity index (χ0) is 13.1. The second-order valence-corrected chi connectivity index (χ2v) is 5.01. The van der Waals surface area contributed by atoms with Crippen LogP contribution in [0.4, 0.5) is 5.69 Å². The van der Waals surface area contributed by atoms with E-state index in [1.165, 1.54) is 0 Å². The number of nitrogens with two attached hydrogens (primary N) is 1. The average molecular weight is 309 g/mol. The highest BCUT2D eigenvalue weighted by molar-refractivity contribution is 9.10. The number of hydrogen-bond acceptors (Lipinski definition) is 3. The first-order valence-electron chi connectivity index (χ1n) is 6.10. The Morgan fingerprint density at radius 2 is 2.06 bits per heavy atom. The van der Waals surface area contributed by atoms with Gasteiger partial charge in [-0.05, 0) is 17.7 Å². The van der Waals surface area contributed by atoms with E-state index in [9.17, 15) is 0 Å². The van der Waals surface area contributed by atoms with Crippen molar-refractivity contribution in [1.29, 1.82) is 0 Å². The molecule has 1 heterocycles. The molecule has 0 bridgehead atoms. The van der Waals surface area contributed by atoms with E-state index in [1.54, 1.807) is 0 Å². The normalized spacial score (nSPS) is 10.8. The maximum absolute atomic E-state index is 5.74. The maximum atomic E-state index is 5.74. The number of rotatable bonds is 4. The summed E-state index contributed by atoms with van der Waals surface area (Å²) in [5.41, 5.74) is 7.66. The van der Waals surface area contributed by atoms with Crippen molar-refractivity contribution in [3.63, 3.8) is 0 Å². The van der Waals surface area contributed by atoms with Crippen LogP contribution in [0, 0.1) is 0 Å². The van der Waals surface area contributed by atoms with E-state index in [0.717, 1.165) is 46.8 Å². The molecule has 0 spiro atoms. The Labute approximate surface area is 115 Å². The van der Waals surface area contributed by atoms with E-state index in [2.05, 4.69) is 39.9 Å². The lowest BCUT2D eigenvalue weighted by Crippen LogP contribution is -2.07. The molecule has 0 aliphatic heterocycles. The van der Waals surface area contributed by atoms with Crippen molar-refractivity contribution in [2.24, 2.45) is 0 Å². The Bertz CT molecular complexity index is 548. The van der Waals surface area contributed by atoms with Gasteiger partial charge >= 0.3 is 0 Å². The van der Waals surface area contributed by atoms with E-state index in [4.69, 9.17) is 5.73 Å². The van der Waals surface area contributed by atoms with Crippen molar-refractivity contribution < 1.29 is 0 Å². The number of benzene rings is 1. The van der Waals surface area contributed by atoms with Gasteiger partial charge in [0.15, 0.2) is 5.82 Å². The molecule has 0 radical (unpaired) electrons. The lowest BCUT2D eigenvalue weighted by atomic mass is 10.2. The third-order valence-electron chi connectivity index (χ3n) is 2.82. The second-order valence-electron chi connectivity index (χ2n) is 4.16. The number of aryl methyl sites for hydroxylation is 2. The molecule has 4 nitrogen and oxygen atoms in total. The second kappa shape index (κ2) is 5.52. The van der Waals surface area contributed by atoms with E-state index in [0.29, 0.717) is 0 Å². The number of aromatic nitrogens is 3. The van der Waals surface area contributed by atoms with Crippen molar-refractivity contribution in [2.45, 2.75) is 33.2 Å². The topological polar surface area (TPSA) is 56.7 Å². The summed E-state index contributed by atoms with van der Waals surface area (Å²) in [7, 11) is 0. The highest BCUT2D eigenvalue weighted by Gasteiger charge is 2.09. The van der Waals surface area contributed by atoms with Crippen LogP contribution in [0.5, 0.6) is 0 Å². The molecule has 0 unspecified atom stereocenters. The van der Waals surface area contributed by atoms with E-state index >= 15 is 0 Å². The van der Waals surface area contributed by atoms with Gasteiger partial charge < -0.3 is 5.73 Å². The molecule has 0 saturated heterocycles. The molecule has 0 aliphatic rings. The van der Waals surface area contributed by atoms with Crippen LogP contribution < -0.4 is 5.73 Å². The first kappa shape index (κ1) is 13.1. The molecule has 2 aromatic rings. The maximum Gasteiger partial charge on any atom is 0.150 e. The monoisotopic (exact) mass is 308 g/mol. The van der Waals surface area contributed by atoms with Gasteiger partial charge in [0.2, 0.25) is 0 Å². The minimum absolute atomic E-state index is 0.719. The highest BCUT2D eigenvalue weighted by Crippen LogP contribution is 2.21. The van der Waals surface area contributed by atoms with Gasteiger partial charge in [0.05, 0.1) is 6.54 Å². The zero-order valence-corrected chi connectivity index (χ0v) is 12.2. The number of halogens is 1. The average Bonchev–Trinajstić information content (AvgIpc) is 2.75. The van der Waals surface area contributed by atoms with Crippen LogP contribution in [-0.2, 0) is 19.4 Å². The quantitative estimate of drug-likeness (QED) is 0.884. The van der Waals surface area contributed by atoms with Gasteiger partial charge in [0.1, 0.15) is 5.82 Å². The number of hydrogen-bond donors (Lipinski definition) is 1. The largest absolute Gasteiger partial charge is 0.399 e. The molecular weight excluding hydrogens is 292 g/mol. The molecular formula is C13H17BrN4. The Kier molecular flexibility index (Phi) is 4.01. The Morgan fingerprint density at radius 3 is 2.67 bits per heavy atom. The Hall–Kier alpha value is -1.36. The fourth-order valence-corrected chi connectivity index (χ4v) is 2.34. The van der Waals surface area contributed by atoms with Crippen molar-refractivity contribution in [1.82, 2.24) is 14.8 Å². The SMILES string of the molecule is CCc1nc(CC)n(Cc2ccc(N)cc2Br)n1. The molecule has 0 amide bonds. The number of nitrogen functional groups attached to an aromatic ring is 1. The number of nitrogens with zero attached hydrogens (tertiary/aromatic N) is 3. The molecule has 5 heteroatoms. The van der Waals surface area contributed by atoms with Gasteiger partial charge in [-0.3, -0.25) is 0 Å². The van der Waals surface area contributed by atoms with Crippen LogP contribution in [0.2, 0.25) is 0 Å². The van der Waals surface area contributed by atoms with E-state index in [-0.39, 0.29) is 0 Å². The summed E-state index contributed by atoms with van der Waals surface area (Å²) in [6, 6.07) is 5.84. The van der Waals surface area contributed by atoms with Gasteiger partial charge in [-0.25, -0.2) is 9.67 Å². The minimum Gasteiger partial charge on any atom is -0.399 e. The fraction of sp³-hybridized carbons (Fsp3) is 0.385. The van der Waals surface area contributed by atoms with E-state index < -0.39 is 0 Å². The van der Waals surface area contributed by atoms with Crippen molar-refractivity contribution in [3.8, 4) is 0 Å². The Morgan fingerprint density at radius 1 is 1.28 bits per heavy atom. The summed E-state index contributed by atoms with van der Waals surface area (Å²) < 4.78 is 2.98. The molecule has 0 saturated carbocycles. The van der Waals surface area contributed by atoms with Crippen molar-refractivity contribution in [2.75, 3.05) is 5.73 Å². The Balaban J connectivity index is 2.30. The van der Waals surface area contributed by atoms with Crippen molar-refractivity contribution >= 4 is 21.6 Å². The first-order valence-corrected chi connectivity index (χ1v) is 6.89. The molecule has 1 aromatic carbocycles. The van der Waals surface area contributed by atoms with Crippen molar-refractivity contribution in [3.05, 3.63) is 39.9 Å². The third-order valence-corrected chi connectivity index (χ3v) is 3.56. The predicted molar refractivity (Wildman–Crippen MR) is 76.4 cm³/mol. The summed E-state index contributed by atoms with van der Waals surface area (Å²) >= 11 is 3.53. The minimum atomic E-state index is 0.719. The third kappa shape index (κ3) is 2.72. The summed E-state index contributed by atoms with van der Waals surface area (Å²) in [5, 5.41) is 4.51. The molecule has 2 rings (SSSR count). The smallest absolute Gasteiger partial charge is 0.150 e. The summed E-state index contributed by atoms with van der Waals surface area (Å²) in [6.45, 7) is 4.88. The summed E-state index contributed by atoms with van der Waals surface area (Å²) in [6.07, 6.45) is 1.75. The summed E-state index contributed by atoms with van der Waals surface area (Å²) in [4.78, 5) is 4.50. The summed E-state index contributed by atoms with van der Waals surface area (Å²) in [5.74, 6) is 1.92. The standard InChI is InChI=1S/C13H17BrN4/c1-3-12-16-13(4-2)18(17-12)8-9-5-6-10(15)7-11(9)14/h5-7H,3-4,8,15H2,1-2H3. The van der Waals surface area contributed by atoms with Gasteiger partial charge in [-0.2, -0.15) is 5.10 Å².